The first-order valence-corrected chi connectivity index (χ1v) is 9.95. The van der Waals surface area contributed by atoms with Crippen LogP contribution in [0.2, 0.25) is 0 Å². The number of amides is 2. The van der Waals surface area contributed by atoms with Gasteiger partial charge in [-0.3, -0.25) is 15.2 Å². The molecule has 0 radical (unpaired) electrons. The lowest BCUT2D eigenvalue weighted by Crippen LogP contribution is -2.50. The summed E-state index contributed by atoms with van der Waals surface area (Å²) in [7, 11) is 0. The molecule has 2 amide bonds. The Kier molecular flexibility index (Phi) is 4.80. The third-order valence-corrected chi connectivity index (χ3v) is 5.71. The molecule has 2 bridgehead atoms. The number of hydrogen-bond donors (Lipinski definition) is 1. The number of urea groups is 1. The van der Waals surface area contributed by atoms with Crippen LogP contribution in [0, 0.1) is 0 Å². The number of halogens is 3. The Bertz CT molecular complexity index is 975. The number of carbonyl (C=O) groups is 1. The zero-order valence-electron chi connectivity index (χ0n) is 16.4. The van der Waals surface area contributed by atoms with E-state index in [1.807, 2.05) is 6.07 Å². The molecule has 2 aromatic rings. The Balaban J connectivity index is 1.45. The van der Waals surface area contributed by atoms with Gasteiger partial charge in [-0.15, -0.1) is 0 Å². The number of fused-ring (bicyclic) bond motifs is 4. The molecule has 2 aromatic heterocycles. The van der Waals surface area contributed by atoms with Crippen molar-refractivity contribution in [2.24, 2.45) is 0 Å². The van der Waals surface area contributed by atoms with Crippen molar-refractivity contribution in [2.45, 2.75) is 24.7 Å². The average molecular weight is 435 g/mol. The van der Waals surface area contributed by atoms with E-state index in [2.05, 4.69) is 25.2 Å². The van der Waals surface area contributed by atoms with Crippen LogP contribution in [-0.4, -0.2) is 72.1 Å². The van der Waals surface area contributed by atoms with E-state index in [-0.39, 0.29) is 25.7 Å². The molecule has 2 fully saturated rings. The van der Waals surface area contributed by atoms with Crippen LogP contribution in [0.1, 0.15) is 6.42 Å². The SMILES string of the molecule is O=C(Nc1cnccn1)N1c2nc(N3CCO[C@H](C(F)(F)F)C3)ccc2N2CCC1C2. The lowest BCUT2D eigenvalue weighted by Gasteiger charge is -2.38. The summed E-state index contributed by atoms with van der Waals surface area (Å²) in [4.78, 5) is 31.0. The van der Waals surface area contributed by atoms with Crippen LogP contribution in [0.25, 0.3) is 0 Å². The van der Waals surface area contributed by atoms with Gasteiger partial charge in [0.1, 0.15) is 5.82 Å². The molecule has 0 spiro atoms. The Labute approximate surface area is 175 Å². The predicted molar refractivity (Wildman–Crippen MR) is 106 cm³/mol. The predicted octanol–water partition coefficient (Wildman–Crippen LogP) is 2.27. The number of carbonyl (C=O) groups excluding carboxylic acids is 1. The van der Waals surface area contributed by atoms with Gasteiger partial charge in [-0.2, -0.15) is 13.2 Å². The van der Waals surface area contributed by atoms with Crippen LogP contribution < -0.4 is 20.0 Å². The molecule has 3 aliphatic heterocycles. The van der Waals surface area contributed by atoms with Gasteiger partial charge in [0.25, 0.3) is 0 Å². The van der Waals surface area contributed by atoms with Crippen molar-refractivity contribution in [1.82, 2.24) is 15.0 Å². The van der Waals surface area contributed by atoms with Crippen LogP contribution in [0.15, 0.2) is 30.7 Å². The molecule has 5 heterocycles. The first-order valence-electron chi connectivity index (χ1n) is 9.95. The normalized spacial score (nSPS) is 23.0. The molecule has 9 nitrogen and oxygen atoms in total. The van der Waals surface area contributed by atoms with E-state index in [1.165, 1.54) is 18.6 Å². The Morgan fingerprint density at radius 2 is 2.03 bits per heavy atom. The zero-order valence-corrected chi connectivity index (χ0v) is 16.4. The molecular formula is C19H20F3N7O2. The van der Waals surface area contributed by atoms with Gasteiger partial charge in [-0.25, -0.2) is 14.8 Å². The highest BCUT2D eigenvalue weighted by Gasteiger charge is 2.44. The summed E-state index contributed by atoms with van der Waals surface area (Å²) in [6.07, 6.45) is -1.12. The molecule has 2 atom stereocenters. The maximum Gasteiger partial charge on any atom is 0.416 e. The first-order chi connectivity index (χ1) is 14.9. The highest BCUT2D eigenvalue weighted by atomic mass is 19.4. The van der Waals surface area contributed by atoms with Crippen molar-refractivity contribution in [3.8, 4) is 0 Å². The minimum absolute atomic E-state index is 0.0471. The van der Waals surface area contributed by atoms with E-state index >= 15 is 0 Å². The molecule has 2 saturated heterocycles. The fourth-order valence-electron chi connectivity index (χ4n) is 4.23. The van der Waals surface area contributed by atoms with Gasteiger partial charge in [-0.05, 0) is 18.6 Å². The van der Waals surface area contributed by atoms with E-state index in [9.17, 15) is 18.0 Å². The highest BCUT2D eigenvalue weighted by Crippen LogP contribution is 2.40. The van der Waals surface area contributed by atoms with E-state index in [1.54, 1.807) is 15.9 Å². The maximum atomic E-state index is 13.1. The fourth-order valence-corrected chi connectivity index (χ4v) is 4.23. The van der Waals surface area contributed by atoms with Crippen molar-refractivity contribution < 1.29 is 22.7 Å². The van der Waals surface area contributed by atoms with E-state index in [0.29, 0.717) is 24.0 Å². The molecule has 3 aliphatic rings. The van der Waals surface area contributed by atoms with Crippen molar-refractivity contribution in [3.05, 3.63) is 30.7 Å². The van der Waals surface area contributed by atoms with Crippen LogP contribution in [0.4, 0.5) is 41.1 Å². The maximum absolute atomic E-state index is 13.1. The van der Waals surface area contributed by atoms with E-state index in [0.717, 1.165) is 18.7 Å². The van der Waals surface area contributed by atoms with Crippen molar-refractivity contribution >= 4 is 29.2 Å². The number of nitrogens with zero attached hydrogens (tertiary/aromatic N) is 6. The third kappa shape index (κ3) is 3.71. The van der Waals surface area contributed by atoms with Crippen molar-refractivity contribution in [3.63, 3.8) is 0 Å². The second-order valence-electron chi connectivity index (χ2n) is 7.64. The molecule has 0 aromatic carbocycles. The quantitative estimate of drug-likeness (QED) is 0.775. The Hall–Kier alpha value is -3.15. The van der Waals surface area contributed by atoms with Crippen LogP contribution in [0.3, 0.4) is 0 Å². The van der Waals surface area contributed by atoms with Crippen LogP contribution in [0.5, 0.6) is 0 Å². The van der Waals surface area contributed by atoms with Crippen LogP contribution in [-0.2, 0) is 4.74 Å². The van der Waals surface area contributed by atoms with E-state index < -0.39 is 18.3 Å². The zero-order chi connectivity index (χ0) is 21.6. The topological polar surface area (TPSA) is 86.7 Å². The number of hydrogen-bond acceptors (Lipinski definition) is 7. The number of morpholine rings is 1. The van der Waals surface area contributed by atoms with Gasteiger partial charge in [0.2, 0.25) is 0 Å². The lowest BCUT2D eigenvalue weighted by atomic mass is 10.2. The summed E-state index contributed by atoms with van der Waals surface area (Å²) in [5.41, 5.74) is 0.785. The van der Waals surface area contributed by atoms with Gasteiger partial charge in [0.15, 0.2) is 17.7 Å². The molecular weight excluding hydrogens is 415 g/mol. The molecule has 1 N–H and O–H groups in total. The number of pyridine rings is 1. The summed E-state index contributed by atoms with van der Waals surface area (Å²) >= 11 is 0. The summed E-state index contributed by atoms with van der Waals surface area (Å²) in [6, 6.07) is 3.04. The molecule has 12 heteroatoms. The molecule has 164 valence electrons. The van der Waals surface area contributed by atoms with Crippen molar-refractivity contribution in [2.75, 3.05) is 52.8 Å². The number of alkyl halides is 3. The number of rotatable bonds is 2. The number of anilines is 4. The largest absolute Gasteiger partial charge is 0.416 e. The summed E-state index contributed by atoms with van der Waals surface area (Å²) < 4.78 is 44.3. The van der Waals surface area contributed by atoms with Crippen molar-refractivity contribution in [1.29, 1.82) is 0 Å². The fraction of sp³-hybridized carbons (Fsp3) is 0.474. The second-order valence-corrected chi connectivity index (χ2v) is 7.64. The van der Waals surface area contributed by atoms with Gasteiger partial charge in [0, 0.05) is 32.0 Å². The smallest absolute Gasteiger partial charge is 0.366 e. The van der Waals surface area contributed by atoms with Gasteiger partial charge in [0.05, 0.1) is 31.1 Å². The lowest BCUT2D eigenvalue weighted by molar-refractivity contribution is -0.221. The van der Waals surface area contributed by atoms with Gasteiger partial charge >= 0.3 is 12.2 Å². The summed E-state index contributed by atoms with van der Waals surface area (Å²) in [5, 5.41) is 2.73. The summed E-state index contributed by atoms with van der Waals surface area (Å²) in [6.45, 7) is 1.36. The Morgan fingerprint density at radius 3 is 2.81 bits per heavy atom. The Morgan fingerprint density at radius 1 is 1.16 bits per heavy atom. The number of nitrogens with one attached hydrogen (secondary N) is 1. The standard InChI is InChI=1S/C19H20F3N7O2/c20-19(21,22)14-11-28(7-8-31-14)16-2-1-13-17(26-16)29(12-3-6-27(13)10-12)18(30)25-15-9-23-4-5-24-15/h1-2,4-5,9,12,14H,3,6-8,10-11H2,(H,24,25,30)/t12?,14-/m0/s1. The monoisotopic (exact) mass is 435 g/mol. The average Bonchev–Trinajstić information content (AvgIpc) is 3.18. The van der Waals surface area contributed by atoms with Gasteiger partial charge in [-0.1, -0.05) is 0 Å². The van der Waals surface area contributed by atoms with E-state index in [4.69, 9.17) is 4.74 Å². The molecule has 5 rings (SSSR count). The first kappa shape index (κ1) is 19.8. The number of aromatic nitrogens is 3. The van der Waals surface area contributed by atoms with Gasteiger partial charge < -0.3 is 14.5 Å². The molecule has 0 aliphatic carbocycles. The molecule has 0 saturated carbocycles. The molecule has 31 heavy (non-hydrogen) atoms. The summed E-state index contributed by atoms with van der Waals surface area (Å²) in [5.74, 6) is 1.13. The van der Waals surface area contributed by atoms with Crippen LogP contribution >= 0.6 is 0 Å². The highest BCUT2D eigenvalue weighted by molar-refractivity contribution is 6.04. The molecule has 1 unspecified atom stereocenters. The third-order valence-electron chi connectivity index (χ3n) is 5.71. The second kappa shape index (κ2) is 7.52. The number of ether oxygens (including phenoxy) is 1. The minimum Gasteiger partial charge on any atom is -0.366 e. The minimum atomic E-state index is -4.44.